The molecule has 0 aliphatic rings. The van der Waals surface area contributed by atoms with Crippen molar-refractivity contribution in [1.82, 2.24) is 9.97 Å². The van der Waals surface area contributed by atoms with Gasteiger partial charge in [0, 0.05) is 29.6 Å². The normalized spacial score (nSPS) is 10.2. The first-order valence-corrected chi connectivity index (χ1v) is 7.25. The van der Waals surface area contributed by atoms with E-state index < -0.39 is 0 Å². The van der Waals surface area contributed by atoms with E-state index in [1.54, 1.807) is 36.8 Å². The first-order chi connectivity index (χ1) is 9.65. The number of anilines is 2. The Morgan fingerprint density at radius 3 is 3.00 bits per heavy atom. The second-order valence-electron chi connectivity index (χ2n) is 3.92. The van der Waals surface area contributed by atoms with Crippen LogP contribution in [0, 0.1) is 0 Å². The number of nitrogens with zero attached hydrogens (tertiary/aromatic N) is 2. The number of hydrogen-bond acceptors (Lipinski definition) is 5. The topological polar surface area (TPSA) is 80.9 Å². The molecule has 20 heavy (non-hydrogen) atoms. The van der Waals surface area contributed by atoms with Gasteiger partial charge in [-0.1, -0.05) is 11.6 Å². The van der Waals surface area contributed by atoms with E-state index in [0.29, 0.717) is 28.6 Å². The lowest BCUT2D eigenvalue weighted by atomic mass is 10.2. The molecular formula is C13H13ClN4OS. The van der Waals surface area contributed by atoms with Crippen molar-refractivity contribution in [3.8, 4) is 0 Å². The SMILES string of the molecule is Nc1ccc(Cl)cc1NC(=O)CCSc1cnccn1. The van der Waals surface area contributed by atoms with Crippen molar-refractivity contribution in [2.75, 3.05) is 16.8 Å². The van der Waals surface area contributed by atoms with Crippen LogP contribution < -0.4 is 11.1 Å². The Morgan fingerprint density at radius 2 is 2.25 bits per heavy atom. The molecule has 0 bridgehead atoms. The number of rotatable bonds is 5. The Kier molecular flexibility index (Phi) is 5.20. The quantitative estimate of drug-likeness (QED) is 0.655. The number of benzene rings is 1. The molecule has 0 saturated carbocycles. The van der Waals surface area contributed by atoms with E-state index in [2.05, 4.69) is 15.3 Å². The van der Waals surface area contributed by atoms with Crippen LogP contribution in [-0.4, -0.2) is 21.6 Å². The summed E-state index contributed by atoms with van der Waals surface area (Å²) in [6.07, 6.45) is 5.25. The predicted molar refractivity (Wildman–Crippen MR) is 81.9 cm³/mol. The zero-order valence-electron chi connectivity index (χ0n) is 10.5. The number of carbonyl (C=O) groups excluding carboxylic acids is 1. The molecule has 104 valence electrons. The van der Waals surface area contributed by atoms with Gasteiger partial charge in [-0.25, -0.2) is 4.98 Å². The molecule has 2 aromatic rings. The highest BCUT2D eigenvalue weighted by molar-refractivity contribution is 7.99. The number of nitrogen functional groups attached to an aromatic ring is 1. The number of hydrogen-bond donors (Lipinski definition) is 2. The lowest BCUT2D eigenvalue weighted by Gasteiger charge is -2.08. The van der Waals surface area contributed by atoms with E-state index in [1.807, 2.05) is 0 Å². The second kappa shape index (κ2) is 7.12. The third-order valence-corrected chi connectivity index (χ3v) is 3.56. The molecule has 0 aliphatic heterocycles. The Morgan fingerprint density at radius 1 is 1.40 bits per heavy atom. The number of nitrogens with two attached hydrogens (primary N) is 1. The summed E-state index contributed by atoms with van der Waals surface area (Å²) in [7, 11) is 0. The average molecular weight is 309 g/mol. The molecule has 0 radical (unpaired) electrons. The highest BCUT2D eigenvalue weighted by Gasteiger charge is 2.06. The summed E-state index contributed by atoms with van der Waals surface area (Å²) in [6.45, 7) is 0. The van der Waals surface area contributed by atoms with Crippen LogP contribution >= 0.6 is 23.4 Å². The number of carbonyl (C=O) groups is 1. The summed E-state index contributed by atoms with van der Waals surface area (Å²) >= 11 is 7.33. The van der Waals surface area contributed by atoms with Gasteiger partial charge in [0.05, 0.1) is 17.6 Å². The van der Waals surface area contributed by atoms with Crippen LogP contribution in [0.15, 0.2) is 41.8 Å². The summed E-state index contributed by atoms with van der Waals surface area (Å²) in [6, 6.07) is 4.97. The van der Waals surface area contributed by atoms with E-state index in [0.717, 1.165) is 5.03 Å². The van der Waals surface area contributed by atoms with Gasteiger partial charge < -0.3 is 11.1 Å². The fourth-order valence-corrected chi connectivity index (χ4v) is 2.40. The van der Waals surface area contributed by atoms with Crippen molar-refractivity contribution < 1.29 is 4.79 Å². The zero-order chi connectivity index (χ0) is 14.4. The average Bonchev–Trinajstić information content (AvgIpc) is 2.44. The van der Waals surface area contributed by atoms with Crippen LogP contribution in [0.1, 0.15) is 6.42 Å². The largest absolute Gasteiger partial charge is 0.397 e. The summed E-state index contributed by atoms with van der Waals surface area (Å²) in [4.78, 5) is 19.9. The van der Waals surface area contributed by atoms with E-state index in [-0.39, 0.29) is 5.91 Å². The third-order valence-electron chi connectivity index (χ3n) is 2.41. The highest BCUT2D eigenvalue weighted by atomic mass is 35.5. The van der Waals surface area contributed by atoms with Crippen molar-refractivity contribution in [1.29, 1.82) is 0 Å². The number of halogens is 1. The van der Waals surface area contributed by atoms with Gasteiger partial charge in [-0.15, -0.1) is 11.8 Å². The molecule has 0 unspecified atom stereocenters. The molecule has 1 amide bonds. The van der Waals surface area contributed by atoms with Gasteiger partial charge in [-0.2, -0.15) is 0 Å². The van der Waals surface area contributed by atoms with Crippen LogP contribution in [0.5, 0.6) is 0 Å². The molecule has 0 fully saturated rings. The van der Waals surface area contributed by atoms with E-state index in [1.165, 1.54) is 11.8 Å². The number of amides is 1. The summed E-state index contributed by atoms with van der Waals surface area (Å²) in [5.74, 6) is 0.501. The molecule has 1 aromatic carbocycles. The smallest absolute Gasteiger partial charge is 0.225 e. The standard InChI is InChI=1S/C13H13ClN4OS/c14-9-1-2-10(15)11(7-9)18-12(19)3-6-20-13-8-16-4-5-17-13/h1-2,4-5,7-8H,3,6,15H2,(H,18,19). The first kappa shape index (κ1) is 14.6. The maximum absolute atomic E-state index is 11.8. The maximum atomic E-state index is 11.8. The van der Waals surface area contributed by atoms with Gasteiger partial charge in [-0.3, -0.25) is 9.78 Å². The van der Waals surface area contributed by atoms with Crippen molar-refractivity contribution in [2.45, 2.75) is 11.4 Å². The zero-order valence-corrected chi connectivity index (χ0v) is 12.1. The minimum Gasteiger partial charge on any atom is -0.397 e. The summed E-state index contributed by atoms with van der Waals surface area (Å²) < 4.78 is 0. The lowest BCUT2D eigenvalue weighted by molar-refractivity contribution is -0.115. The van der Waals surface area contributed by atoms with Crippen molar-refractivity contribution >= 4 is 40.6 Å². The van der Waals surface area contributed by atoms with Gasteiger partial charge in [0.15, 0.2) is 0 Å². The molecule has 2 rings (SSSR count). The molecule has 0 spiro atoms. The van der Waals surface area contributed by atoms with E-state index in [4.69, 9.17) is 17.3 Å². The predicted octanol–water partition coefficient (Wildman–Crippen LogP) is 2.83. The first-order valence-electron chi connectivity index (χ1n) is 5.89. The van der Waals surface area contributed by atoms with Crippen LogP contribution in [-0.2, 0) is 4.79 Å². The Labute approximate surface area is 126 Å². The monoisotopic (exact) mass is 308 g/mol. The summed E-state index contributed by atoms with van der Waals surface area (Å²) in [5, 5.41) is 4.06. The van der Waals surface area contributed by atoms with Crippen LogP contribution in [0.3, 0.4) is 0 Å². The molecule has 1 heterocycles. The van der Waals surface area contributed by atoms with Crippen LogP contribution in [0.25, 0.3) is 0 Å². The van der Waals surface area contributed by atoms with E-state index in [9.17, 15) is 4.79 Å². The van der Waals surface area contributed by atoms with Crippen LogP contribution in [0.4, 0.5) is 11.4 Å². The van der Waals surface area contributed by atoms with Gasteiger partial charge >= 0.3 is 0 Å². The Balaban J connectivity index is 1.82. The van der Waals surface area contributed by atoms with Crippen molar-refractivity contribution in [2.24, 2.45) is 0 Å². The van der Waals surface area contributed by atoms with Crippen molar-refractivity contribution in [3.63, 3.8) is 0 Å². The maximum Gasteiger partial charge on any atom is 0.225 e. The second-order valence-corrected chi connectivity index (χ2v) is 5.47. The minimum atomic E-state index is -0.115. The van der Waals surface area contributed by atoms with Crippen LogP contribution in [0.2, 0.25) is 5.02 Å². The minimum absolute atomic E-state index is 0.115. The number of aromatic nitrogens is 2. The number of nitrogens with one attached hydrogen (secondary N) is 1. The van der Waals surface area contributed by atoms with Gasteiger partial charge in [0.25, 0.3) is 0 Å². The molecule has 7 heteroatoms. The molecule has 5 nitrogen and oxygen atoms in total. The molecule has 0 saturated heterocycles. The molecule has 0 aliphatic carbocycles. The van der Waals surface area contributed by atoms with Crippen molar-refractivity contribution in [3.05, 3.63) is 41.8 Å². The Hall–Kier alpha value is -1.79. The summed E-state index contributed by atoms with van der Waals surface area (Å²) in [5.41, 5.74) is 6.79. The fourth-order valence-electron chi connectivity index (χ4n) is 1.46. The Bertz CT molecular complexity index is 594. The van der Waals surface area contributed by atoms with Gasteiger partial charge in [0.2, 0.25) is 5.91 Å². The number of thioether (sulfide) groups is 1. The fraction of sp³-hybridized carbons (Fsp3) is 0.154. The van der Waals surface area contributed by atoms with E-state index >= 15 is 0 Å². The highest BCUT2D eigenvalue weighted by Crippen LogP contribution is 2.23. The third kappa shape index (κ3) is 4.40. The molecular weight excluding hydrogens is 296 g/mol. The van der Waals surface area contributed by atoms with Gasteiger partial charge in [-0.05, 0) is 18.2 Å². The molecule has 3 N–H and O–H groups in total. The lowest BCUT2D eigenvalue weighted by Crippen LogP contribution is -2.13. The molecule has 1 aromatic heterocycles. The van der Waals surface area contributed by atoms with Gasteiger partial charge in [0.1, 0.15) is 5.03 Å². The molecule has 0 atom stereocenters.